The largest absolute Gasteiger partial charge is 0.295 e. The van der Waals surface area contributed by atoms with Crippen LogP contribution in [0.3, 0.4) is 0 Å². The Morgan fingerprint density at radius 1 is 1.32 bits per heavy atom. The Balaban J connectivity index is 2.06. The van der Waals surface area contributed by atoms with Gasteiger partial charge in [-0.1, -0.05) is 31.3 Å². The third-order valence-electron chi connectivity index (χ3n) is 2.89. The molecule has 2 heterocycles. The zero-order valence-corrected chi connectivity index (χ0v) is 11.8. The number of carbonyl (C=O) groups is 1. The molecule has 0 aliphatic heterocycles. The standard InChI is InChI=1S/C13H16N4OS/c1-3-9(4-2)12-16-17-13(19-12)15-11(18)10-7-5-6-8-14-10/h5-9H,3-4H2,1-2H3,(H,15,17,18). The molecule has 0 unspecified atom stereocenters. The Labute approximate surface area is 116 Å². The van der Waals surface area contributed by atoms with E-state index in [1.165, 1.54) is 11.3 Å². The number of amides is 1. The van der Waals surface area contributed by atoms with Gasteiger partial charge in [-0.2, -0.15) is 0 Å². The van der Waals surface area contributed by atoms with E-state index in [1.54, 1.807) is 24.4 Å². The van der Waals surface area contributed by atoms with Crippen molar-refractivity contribution in [1.82, 2.24) is 15.2 Å². The predicted octanol–water partition coefficient (Wildman–Crippen LogP) is 3.09. The number of hydrogen-bond donors (Lipinski definition) is 1. The van der Waals surface area contributed by atoms with Crippen molar-refractivity contribution in [2.24, 2.45) is 0 Å². The molecule has 19 heavy (non-hydrogen) atoms. The van der Waals surface area contributed by atoms with Crippen LogP contribution >= 0.6 is 11.3 Å². The van der Waals surface area contributed by atoms with Crippen molar-refractivity contribution in [3.8, 4) is 0 Å². The fourth-order valence-electron chi connectivity index (χ4n) is 1.75. The summed E-state index contributed by atoms with van der Waals surface area (Å²) in [6.45, 7) is 4.25. The van der Waals surface area contributed by atoms with Gasteiger partial charge in [-0.15, -0.1) is 10.2 Å². The second-order valence-electron chi connectivity index (χ2n) is 4.13. The number of nitrogens with zero attached hydrogens (tertiary/aromatic N) is 3. The van der Waals surface area contributed by atoms with Crippen molar-refractivity contribution in [3.63, 3.8) is 0 Å². The van der Waals surface area contributed by atoms with Crippen LogP contribution in [-0.4, -0.2) is 21.1 Å². The van der Waals surface area contributed by atoms with E-state index in [1.807, 2.05) is 0 Å². The first-order valence-corrected chi connectivity index (χ1v) is 7.12. The number of aromatic nitrogens is 3. The molecule has 6 heteroatoms. The summed E-state index contributed by atoms with van der Waals surface area (Å²) in [7, 11) is 0. The van der Waals surface area contributed by atoms with E-state index >= 15 is 0 Å². The number of hydrogen-bond acceptors (Lipinski definition) is 5. The van der Waals surface area contributed by atoms with Gasteiger partial charge in [-0.25, -0.2) is 0 Å². The summed E-state index contributed by atoms with van der Waals surface area (Å²) < 4.78 is 0. The smallest absolute Gasteiger partial charge is 0.276 e. The summed E-state index contributed by atoms with van der Waals surface area (Å²) in [5.41, 5.74) is 0.377. The highest BCUT2D eigenvalue weighted by Crippen LogP contribution is 2.28. The lowest BCUT2D eigenvalue weighted by molar-refractivity contribution is 0.102. The molecule has 1 N–H and O–H groups in total. The molecule has 100 valence electrons. The Morgan fingerprint density at radius 3 is 2.74 bits per heavy atom. The molecular weight excluding hydrogens is 260 g/mol. The highest BCUT2D eigenvalue weighted by atomic mass is 32.1. The van der Waals surface area contributed by atoms with E-state index in [2.05, 4.69) is 34.3 Å². The number of nitrogens with one attached hydrogen (secondary N) is 1. The van der Waals surface area contributed by atoms with Crippen LogP contribution < -0.4 is 5.32 Å². The molecular formula is C13H16N4OS. The zero-order valence-electron chi connectivity index (χ0n) is 11.0. The lowest BCUT2D eigenvalue weighted by Gasteiger charge is -2.05. The summed E-state index contributed by atoms with van der Waals surface area (Å²) in [4.78, 5) is 15.9. The molecule has 0 aliphatic rings. The van der Waals surface area contributed by atoms with Gasteiger partial charge >= 0.3 is 0 Å². The maximum atomic E-state index is 11.9. The van der Waals surface area contributed by atoms with Crippen LogP contribution in [0.1, 0.15) is 48.1 Å². The van der Waals surface area contributed by atoms with Gasteiger partial charge in [0.15, 0.2) is 0 Å². The van der Waals surface area contributed by atoms with E-state index < -0.39 is 0 Å². The van der Waals surface area contributed by atoms with Gasteiger partial charge < -0.3 is 0 Å². The Bertz CT molecular complexity index is 537. The first-order chi connectivity index (χ1) is 9.24. The lowest BCUT2D eigenvalue weighted by Crippen LogP contribution is -2.13. The van der Waals surface area contributed by atoms with Crippen LogP contribution in [0, 0.1) is 0 Å². The van der Waals surface area contributed by atoms with Crippen molar-refractivity contribution in [2.45, 2.75) is 32.6 Å². The van der Waals surface area contributed by atoms with E-state index in [9.17, 15) is 4.79 Å². The van der Waals surface area contributed by atoms with Gasteiger partial charge in [0.2, 0.25) is 5.13 Å². The van der Waals surface area contributed by atoms with Gasteiger partial charge in [-0.3, -0.25) is 15.1 Å². The minimum absolute atomic E-state index is 0.257. The minimum atomic E-state index is -0.257. The number of pyridine rings is 1. The molecule has 0 radical (unpaired) electrons. The maximum absolute atomic E-state index is 11.9. The summed E-state index contributed by atoms with van der Waals surface area (Å²) in [6, 6.07) is 5.21. The van der Waals surface area contributed by atoms with Crippen LogP contribution in [0.25, 0.3) is 0 Å². The van der Waals surface area contributed by atoms with E-state index in [-0.39, 0.29) is 5.91 Å². The zero-order chi connectivity index (χ0) is 13.7. The Hall–Kier alpha value is -1.82. The fraction of sp³-hybridized carbons (Fsp3) is 0.385. The molecule has 2 aromatic rings. The van der Waals surface area contributed by atoms with Crippen LogP contribution in [-0.2, 0) is 0 Å². The van der Waals surface area contributed by atoms with Gasteiger partial charge in [0.05, 0.1) is 0 Å². The van der Waals surface area contributed by atoms with Gasteiger partial charge in [0.1, 0.15) is 10.7 Å². The topological polar surface area (TPSA) is 67.8 Å². The van der Waals surface area contributed by atoms with Crippen molar-refractivity contribution >= 4 is 22.4 Å². The third-order valence-corrected chi connectivity index (χ3v) is 3.89. The predicted molar refractivity (Wildman–Crippen MR) is 75.4 cm³/mol. The van der Waals surface area contributed by atoms with Crippen LogP contribution in [0.4, 0.5) is 5.13 Å². The number of anilines is 1. The number of rotatable bonds is 5. The van der Waals surface area contributed by atoms with E-state index in [4.69, 9.17) is 0 Å². The highest BCUT2D eigenvalue weighted by molar-refractivity contribution is 7.15. The first kappa shape index (κ1) is 13.6. The van der Waals surface area contributed by atoms with Crippen molar-refractivity contribution in [3.05, 3.63) is 35.1 Å². The van der Waals surface area contributed by atoms with E-state index in [0.29, 0.717) is 16.7 Å². The Kier molecular flexibility index (Phi) is 4.57. The van der Waals surface area contributed by atoms with Crippen LogP contribution in [0.15, 0.2) is 24.4 Å². The van der Waals surface area contributed by atoms with E-state index in [0.717, 1.165) is 17.8 Å². The van der Waals surface area contributed by atoms with Gasteiger partial charge in [-0.05, 0) is 25.0 Å². The molecule has 0 saturated heterocycles. The minimum Gasteiger partial charge on any atom is -0.295 e. The molecule has 2 rings (SSSR count). The average Bonchev–Trinajstić information content (AvgIpc) is 2.89. The lowest BCUT2D eigenvalue weighted by atomic mass is 10.1. The second-order valence-corrected chi connectivity index (χ2v) is 5.14. The first-order valence-electron chi connectivity index (χ1n) is 6.30. The van der Waals surface area contributed by atoms with Gasteiger partial charge in [0, 0.05) is 12.1 Å². The number of carbonyl (C=O) groups excluding carboxylic acids is 1. The molecule has 5 nitrogen and oxygen atoms in total. The fourth-order valence-corrected chi connectivity index (χ4v) is 2.75. The quantitative estimate of drug-likeness (QED) is 0.911. The highest BCUT2D eigenvalue weighted by Gasteiger charge is 2.15. The molecule has 1 amide bonds. The SMILES string of the molecule is CCC(CC)c1nnc(NC(=O)c2ccccn2)s1. The van der Waals surface area contributed by atoms with Gasteiger partial charge in [0.25, 0.3) is 5.91 Å². The molecule has 0 aromatic carbocycles. The molecule has 0 bridgehead atoms. The van der Waals surface area contributed by atoms with Crippen LogP contribution in [0.5, 0.6) is 0 Å². The maximum Gasteiger partial charge on any atom is 0.276 e. The molecule has 2 aromatic heterocycles. The summed E-state index contributed by atoms with van der Waals surface area (Å²) >= 11 is 1.43. The summed E-state index contributed by atoms with van der Waals surface area (Å²) in [6.07, 6.45) is 3.64. The molecule has 0 fully saturated rings. The van der Waals surface area contributed by atoms with Crippen LogP contribution in [0.2, 0.25) is 0 Å². The Morgan fingerprint density at radius 2 is 2.11 bits per heavy atom. The summed E-state index contributed by atoms with van der Waals surface area (Å²) in [5, 5.41) is 12.4. The molecule has 0 atom stereocenters. The summed E-state index contributed by atoms with van der Waals surface area (Å²) in [5.74, 6) is 0.158. The molecule has 0 aliphatic carbocycles. The third kappa shape index (κ3) is 3.35. The van der Waals surface area contributed by atoms with Crippen molar-refractivity contribution in [1.29, 1.82) is 0 Å². The van der Waals surface area contributed by atoms with Crippen molar-refractivity contribution < 1.29 is 4.79 Å². The molecule has 0 spiro atoms. The normalized spacial score (nSPS) is 10.7. The molecule has 0 saturated carbocycles. The average molecular weight is 276 g/mol. The van der Waals surface area contributed by atoms with Crippen molar-refractivity contribution in [2.75, 3.05) is 5.32 Å². The monoisotopic (exact) mass is 276 g/mol. The second kappa shape index (κ2) is 6.38.